The Hall–Kier alpha value is -3.71. The van der Waals surface area contributed by atoms with Gasteiger partial charge in [-0.3, -0.25) is 0 Å². The molecule has 144 valence electrons. The molecule has 1 aromatic heterocycles. The Kier molecular flexibility index (Phi) is 5.22. The lowest BCUT2D eigenvalue weighted by Crippen LogP contribution is -2.10. The normalized spacial score (nSPS) is 10.7. The number of aliphatic hydroxyl groups excluding tert-OH is 1. The number of nitrogens with zero attached hydrogens (tertiary/aromatic N) is 4. The summed E-state index contributed by atoms with van der Waals surface area (Å²) in [6.07, 6.45) is 0. The van der Waals surface area contributed by atoms with Crippen molar-refractivity contribution in [3.63, 3.8) is 0 Å². The van der Waals surface area contributed by atoms with E-state index in [9.17, 15) is 13.9 Å². The minimum Gasteiger partial charge on any atom is -0.390 e. The predicted octanol–water partition coefficient (Wildman–Crippen LogP) is 4.03. The largest absolute Gasteiger partial charge is 0.390 e. The monoisotopic (exact) mass is 390 g/mol. The van der Waals surface area contributed by atoms with Crippen LogP contribution in [0.1, 0.15) is 11.1 Å². The molecule has 0 unspecified atom stereocenters. The summed E-state index contributed by atoms with van der Waals surface area (Å²) in [7, 11) is 0. The molecule has 0 saturated heterocycles. The van der Waals surface area contributed by atoms with E-state index in [4.69, 9.17) is 0 Å². The number of hydrogen-bond acceptors (Lipinski definition) is 4. The molecule has 0 atom stereocenters. The van der Waals surface area contributed by atoms with Crippen LogP contribution in [0.3, 0.4) is 0 Å². The summed E-state index contributed by atoms with van der Waals surface area (Å²) < 4.78 is 28.4. The van der Waals surface area contributed by atoms with E-state index in [0.29, 0.717) is 28.2 Å². The van der Waals surface area contributed by atoms with Crippen LogP contribution in [-0.4, -0.2) is 31.9 Å². The van der Waals surface area contributed by atoms with E-state index < -0.39 is 6.61 Å². The van der Waals surface area contributed by atoms with E-state index >= 15 is 0 Å². The molecule has 0 aliphatic heterocycles. The third-order valence-electron chi connectivity index (χ3n) is 4.46. The van der Waals surface area contributed by atoms with E-state index in [2.05, 4.69) is 15.5 Å². The molecule has 7 heteroatoms. The summed E-state index contributed by atoms with van der Waals surface area (Å²) in [5.74, 6) is -0.327. The van der Waals surface area contributed by atoms with Crippen LogP contribution in [0.5, 0.6) is 0 Å². The van der Waals surface area contributed by atoms with Gasteiger partial charge in [0.05, 0.1) is 12.3 Å². The maximum absolute atomic E-state index is 13.5. The van der Waals surface area contributed by atoms with Crippen LogP contribution in [0, 0.1) is 11.6 Å². The molecule has 5 nitrogen and oxygen atoms in total. The fourth-order valence-corrected chi connectivity index (χ4v) is 3.12. The molecule has 0 aliphatic carbocycles. The summed E-state index contributed by atoms with van der Waals surface area (Å²) in [5.41, 5.74) is 2.98. The van der Waals surface area contributed by atoms with Crippen LogP contribution in [0.25, 0.3) is 22.7 Å². The van der Waals surface area contributed by atoms with Crippen LogP contribution >= 0.6 is 0 Å². The maximum atomic E-state index is 13.5. The lowest BCUT2D eigenvalue weighted by molar-refractivity contribution is 0.342. The summed E-state index contributed by atoms with van der Waals surface area (Å²) in [4.78, 5) is 0. The first-order chi connectivity index (χ1) is 14.2. The lowest BCUT2D eigenvalue weighted by atomic mass is 9.95. The molecule has 1 N–H and O–H groups in total. The fraction of sp³-hybridized carbons (Fsp3) is 0.0455. The highest BCUT2D eigenvalue weighted by Gasteiger charge is 2.19. The Labute approximate surface area is 165 Å². The van der Waals surface area contributed by atoms with E-state index in [0.717, 1.165) is 5.56 Å². The quantitative estimate of drug-likeness (QED) is 0.559. The molecule has 4 aromatic rings. The van der Waals surface area contributed by atoms with Crippen molar-refractivity contribution in [3.05, 3.63) is 102 Å². The van der Waals surface area contributed by atoms with Gasteiger partial charge < -0.3 is 5.11 Å². The van der Waals surface area contributed by atoms with E-state index in [1.165, 1.54) is 28.9 Å². The standard InChI is InChI=1S/C22H16F2N4O/c23-18-10-6-15(7-11-18)21(16-8-12-19(24)13-9-16)20(14-29)28-22(25-26-27-28)17-4-2-1-3-5-17/h1-13,29H,14H2. The number of rotatable bonds is 5. The second kappa shape index (κ2) is 8.12. The minimum atomic E-state index is -0.394. The van der Waals surface area contributed by atoms with Gasteiger partial charge in [0.1, 0.15) is 11.6 Å². The Morgan fingerprint density at radius 2 is 1.34 bits per heavy atom. The highest BCUT2D eigenvalue weighted by Crippen LogP contribution is 2.31. The van der Waals surface area contributed by atoms with Crippen molar-refractivity contribution in [3.8, 4) is 11.4 Å². The van der Waals surface area contributed by atoms with Gasteiger partial charge in [0.2, 0.25) is 0 Å². The molecule has 4 rings (SSSR count). The second-order valence-corrected chi connectivity index (χ2v) is 6.27. The first-order valence-corrected chi connectivity index (χ1v) is 8.87. The summed E-state index contributed by atoms with van der Waals surface area (Å²) >= 11 is 0. The van der Waals surface area contributed by atoms with E-state index in [1.807, 2.05) is 30.3 Å². The fourth-order valence-electron chi connectivity index (χ4n) is 3.12. The third kappa shape index (κ3) is 3.81. The number of halogens is 2. The van der Waals surface area contributed by atoms with Crippen LogP contribution < -0.4 is 0 Å². The summed E-state index contributed by atoms with van der Waals surface area (Å²) in [6.45, 7) is -0.394. The lowest BCUT2D eigenvalue weighted by Gasteiger charge is -2.16. The van der Waals surface area contributed by atoms with Crippen molar-refractivity contribution >= 4 is 11.3 Å². The van der Waals surface area contributed by atoms with Crippen LogP contribution in [-0.2, 0) is 0 Å². The number of benzene rings is 3. The molecule has 0 spiro atoms. The van der Waals surface area contributed by atoms with Gasteiger partial charge in [-0.05, 0) is 45.8 Å². The zero-order valence-corrected chi connectivity index (χ0v) is 15.2. The number of aliphatic hydroxyl groups is 1. The zero-order valence-electron chi connectivity index (χ0n) is 15.2. The highest BCUT2D eigenvalue weighted by atomic mass is 19.1. The molecule has 3 aromatic carbocycles. The van der Waals surface area contributed by atoms with Gasteiger partial charge in [-0.1, -0.05) is 54.6 Å². The SMILES string of the molecule is OCC(=C(c1ccc(F)cc1)c1ccc(F)cc1)n1nnnc1-c1ccccc1. The molecular weight excluding hydrogens is 374 g/mol. The van der Waals surface area contributed by atoms with Gasteiger partial charge in [0, 0.05) is 11.1 Å². The first-order valence-electron chi connectivity index (χ1n) is 8.87. The first kappa shape index (κ1) is 18.6. The van der Waals surface area contributed by atoms with Crippen molar-refractivity contribution in [1.82, 2.24) is 20.2 Å². The predicted molar refractivity (Wildman–Crippen MR) is 105 cm³/mol. The van der Waals surface area contributed by atoms with Crippen LogP contribution in [0.15, 0.2) is 78.9 Å². The molecule has 0 radical (unpaired) electrons. The van der Waals surface area contributed by atoms with Gasteiger partial charge in [0.25, 0.3) is 0 Å². The van der Waals surface area contributed by atoms with Gasteiger partial charge in [-0.25, -0.2) is 8.78 Å². The van der Waals surface area contributed by atoms with Gasteiger partial charge >= 0.3 is 0 Å². The molecular formula is C22H16F2N4O. The molecule has 0 saturated carbocycles. The van der Waals surface area contributed by atoms with Crippen LogP contribution in [0.2, 0.25) is 0 Å². The third-order valence-corrected chi connectivity index (χ3v) is 4.46. The van der Waals surface area contributed by atoms with Crippen molar-refractivity contribution in [2.24, 2.45) is 0 Å². The van der Waals surface area contributed by atoms with E-state index in [-0.39, 0.29) is 11.6 Å². The van der Waals surface area contributed by atoms with Gasteiger partial charge in [0.15, 0.2) is 5.82 Å². The Morgan fingerprint density at radius 3 is 1.86 bits per heavy atom. The van der Waals surface area contributed by atoms with Gasteiger partial charge in [-0.2, -0.15) is 4.68 Å². The van der Waals surface area contributed by atoms with Crippen LogP contribution in [0.4, 0.5) is 8.78 Å². The molecule has 0 bridgehead atoms. The van der Waals surface area contributed by atoms with Crippen molar-refractivity contribution in [2.75, 3.05) is 6.61 Å². The minimum absolute atomic E-state index is 0.382. The second-order valence-electron chi connectivity index (χ2n) is 6.27. The number of tetrazole rings is 1. The Balaban J connectivity index is 1.97. The molecule has 0 aliphatic rings. The van der Waals surface area contributed by atoms with E-state index in [1.54, 1.807) is 24.3 Å². The smallest absolute Gasteiger partial charge is 0.186 e. The Bertz CT molecular complexity index is 1090. The van der Waals surface area contributed by atoms with Crippen molar-refractivity contribution in [2.45, 2.75) is 0 Å². The van der Waals surface area contributed by atoms with Crippen molar-refractivity contribution < 1.29 is 13.9 Å². The zero-order chi connectivity index (χ0) is 20.2. The molecule has 0 amide bonds. The average molecular weight is 390 g/mol. The Morgan fingerprint density at radius 1 is 0.793 bits per heavy atom. The number of hydrogen-bond donors (Lipinski definition) is 1. The van der Waals surface area contributed by atoms with Crippen molar-refractivity contribution in [1.29, 1.82) is 0 Å². The summed E-state index contributed by atoms with van der Waals surface area (Å²) in [5, 5.41) is 22.2. The maximum Gasteiger partial charge on any atom is 0.186 e. The molecule has 29 heavy (non-hydrogen) atoms. The molecule has 1 heterocycles. The molecule has 0 fully saturated rings. The number of aromatic nitrogens is 4. The van der Waals surface area contributed by atoms with Gasteiger partial charge in [-0.15, -0.1) is 5.10 Å². The average Bonchev–Trinajstić information content (AvgIpc) is 3.24. The topological polar surface area (TPSA) is 63.8 Å². The highest BCUT2D eigenvalue weighted by molar-refractivity contribution is 5.94. The summed E-state index contributed by atoms with van der Waals surface area (Å²) in [6, 6.07) is 21.0.